The highest BCUT2D eigenvalue weighted by Gasteiger charge is 2.47. The van der Waals surface area contributed by atoms with Crippen molar-refractivity contribution in [1.82, 2.24) is 9.97 Å². The number of hydrogen-bond acceptors (Lipinski definition) is 5. The van der Waals surface area contributed by atoms with E-state index in [0.29, 0.717) is 12.8 Å². The number of carbonyl (C=O) groups is 1. The summed E-state index contributed by atoms with van der Waals surface area (Å²) in [5.74, 6) is 0.0116. The number of fused-ring (bicyclic) bond motifs is 1. The van der Waals surface area contributed by atoms with Crippen molar-refractivity contribution in [2.75, 3.05) is 11.4 Å². The Morgan fingerprint density at radius 1 is 1.58 bits per heavy atom. The number of rotatable bonds is 3. The van der Waals surface area contributed by atoms with E-state index in [4.69, 9.17) is 0 Å². The molecule has 3 heterocycles. The van der Waals surface area contributed by atoms with Gasteiger partial charge in [0.15, 0.2) is 5.82 Å². The lowest BCUT2D eigenvalue weighted by molar-refractivity contribution is -0.143. The first-order valence-electron chi connectivity index (χ1n) is 6.38. The first-order valence-corrected chi connectivity index (χ1v) is 7.26. The molecule has 0 aliphatic carbocycles. The van der Waals surface area contributed by atoms with Crippen molar-refractivity contribution in [3.05, 3.63) is 17.8 Å². The summed E-state index contributed by atoms with van der Waals surface area (Å²) in [6.07, 6.45) is 3.66. The summed E-state index contributed by atoms with van der Waals surface area (Å²) in [5, 5.41) is 11.6. The van der Waals surface area contributed by atoms with Gasteiger partial charge in [0.05, 0.1) is 10.2 Å². The van der Waals surface area contributed by atoms with Crippen molar-refractivity contribution in [2.24, 2.45) is 0 Å². The molecule has 0 spiro atoms. The highest BCUT2D eigenvalue weighted by atomic mass is 32.1. The molecule has 1 saturated heterocycles. The minimum Gasteiger partial charge on any atom is -0.479 e. The van der Waals surface area contributed by atoms with Crippen LogP contribution in [0.3, 0.4) is 0 Å². The van der Waals surface area contributed by atoms with Crippen LogP contribution in [0.25, 0.3) is 10.2 Å². The van der Waals surface area contributed by atoms with Crippen LogP contribution in [0.4, 0.5) is 5.82 Å². The molecule has 1 fully saturated rings. The Hall–Kier alpha value is -1.69. The molecule has 0 radical (unpaired) electrons. The average Bonchev–Trinajstić information content (AvgIpc) is 3.05. The molecule has 1 aliphatic heterocycles. The van der Waals surface area contributed by atoms with Gasteiger partial charge in [-0.2, -0.15) is 0 Å². The van der Waals surface area contributed by atoms with Crippen LogP contribution in [0, 0.1) is 0 Å². The normalized spacial score (nSPS) is 23.1. The zero-order chi connectivity index (χ0) is 13.5. The van der Waals surface area contributed by atoms with Crippen molar-refractivity contribution in [3.8, 4) is 0 Å². The lowest BCUT2D eigenvalue weighted by Crippen LogP contribution is -2.50. The maximum Gasteiger partial charge on any atom is 0.329 e. The lowest BCUT2D eigenvalue weighted by atomic mass is 9.93. The minimum atomic E-state index is -0.814. The van der Waals surface area contributed by atoms with E-state index < -0.39 is 11.5 Å². The molecule has 0 amide bonds. The van der Waals surface area contributed by atoms with Gasteiger partial charge >= 0.3 is 5.97 Å². The second-order valence-corrected chi connectivity index (χ2v) is 5.69. The summed E-state index contributed by atoms with van der Waals surface area (Å²) >= 11 is 1.56. The maximum absolute atomic E-state index is 11.7. The van der Waals surface area contributed by atoms with Crippen molar-refractivity contribution < 1.29 is 9.90 Å². The fourth-order valence-electron chi connectivity index (χ4n) is 2.90. The average molecular weight is 277 g/mol. The number of carboxylic acids is 1. The quantitative estimate of drug-likeness (QED) is 0.933. The molecule has 3 rings (SSSR count). The minimum absolute atomic E-state index is 0.583. The number of carboxylic acid groups (broad SMARTS) is 1. The number of aromatic nitrogens is 2. The van der Waals surface area contributed by atoms with Gasteiger partial charge in [-0.1, -0.05) is 6.92 Å². The monoisotopic (exact) mass is 277 g/mol. The summed E-state index contributed by atoms with van der Waals surface area (Å²) in [5.41, 5.74) is 0.0722. The van der Waals surface area contributed by atoms with Crippen LogP contribution in [0.2, 0.25) is 0 Å². The molecular formula is C13H15N3O2S. The molecule has 0 bridgehead atoms. The second-order valence-electron chi connectivity index (χ2n) is 4.78. The molecule has 1 aliphatic rings. The van der Waals surface area contributed by atoms with Crippen LogP contribution >= 0.6 is 11.3 Å². The van der Waals surface area contributed by atoms with Gasteiger partial charge < -0.3 is 10.0 Å². The molecular weight excluding hydrogens is 262 g/mol. The van der Waals surface area contributed by atoms with Gasteiger partial charge in [0, 0.05) is 6.54 Å². The Morgan fingerprint density at radius 2 is 2.42 bits per heavy atom. The summed E-state index contributed by atoms with van der Waals surface area (Å²) < 4.78 is 0.975. The number of anilines is 1. The molecule has 100 valence electrons. The predicted molar refractivity (Wildman–Crippen MR) is 74.7 cm³/mol. The molecule has 19 heavy (non-hydrogen) atoms. The molecule has 1 atom stereocenters. The van der Waals surface area contributed by atoms with E-state index in [1.807, 2.05) is 23.3 Å². The zero-order valence-corrected chi connectivity index (χ0v) is 11.5. The van der Waals surface area contributed by atoms with E-state index in [9.17, 15) is 9.90 Å². The maximum atomic E-state index is 11.7. The lowest BCUT2D eigenvalue weighted by Gasteiger charge is -2.34. The zero-order valence-electron chi connectivity index (χ0n) is 10.7. The van der Waals surface area contributed by atoms with Crippen LogP contribution < -0.4 is 4.90 Å². The number of nitrogens with zero attached hydrogens (tertiary/aromatic N) is 3. The van der Waals surface area contributed by atoms with Crippen LogP contribution in [0.15, 0.2) is 17.8 Å². The summed E-state index contributed by atoms with van der Waals surface area (Å²) in [6.45, 7) is 2.67. The number of hydrogen-bond donors (Lipinski definition) is 1. The van der Waals surface area contributed by atoms with Crippen LogP contribution in [-0.4, -0.2) is 33.1 Å². The summed E-state index contributed by atoms with van der Waals surface area (Å²) in [4.78, 5) is 22.3. The van der Waals surface area contributed by atoms with E-state index in [1.165, 1.54) is 6.33 Å². The van der Waals surface area contributed by atoms with Gasteiger partial charge in [-0.3, -0.25) is 0 Å². The van der Waals surface area contributed by atoms with E-state index in [-0.39, 0.29) is 0 Å². The molecule has 1 unspecified atom stereocenters. The summed E-state index contributed by atoms with van der Waals surface area (Å²) in [6, 6.07) is 1.94. The van der Waals surface area contributed by atoms with Gasteiger partial charge in [-0.25, -0.2) is 14.8 Å². The standard InChI is InChI=1S/C13H15N3O2S/c1-2-13(12(17)18)5-3-6-16(13)11-10-9(4-7-19-10)14-8-15-11/h4,7-8H,2-3,5-6H2,1H3,(H,17,18). The second kappa shape index (κ2) is 4.45. The van der Waals surface area contributed by atoms with Gasteiger partial charge in [-0.15, -0.1) is 11.3 Å². The van der Waals surface area contributed by atoms with Crippen molar-refractivity contribution in [3.63, 3.8) is 0 Å². The van der Waals surface area contributed by atoms with Gasteiger partial charge in [0.1, 0.15) is 11.9 Å². The first-order chi connectivity index (χ1) is 9.19. The van der Waals surface area contributed by atoms with Gasteiger partial charge in [0.2, 0.25) is 0 Å². The van der Waals surface area contributed by atoms with Crippen molar-refractivity contribution in [1.29, 1.82) is 0 Å². The highest BCUT2D eigenvalue weighted by Crippen LogP contribution is 2.39. The third-order valence-electron chi connectivity index (χ3n) is 3.95. The number of thiophene rings is 1. The third kappa shape index (κ3) is 1.70. The smallest absolute Gasteiger partial charge is 0.329 e. The van der Waals surface area contributed by atoms with Gasteiger partial charge in [0.25, 0.3) is 0 Å². The molecule has 6 heteroatoms. The molecule has 0 aromatic carbocycles. The van der Waals surface area contributed by atoms with Crippen LogP contribution in [0.1, 0.15) is 26.2 Å². The molecule has 2 aromatic rings. The van der Waals surface area contributed by atoms with Crippen LogP contribution in [-0.2, 0) is 4.79 Å². The largest absolute Gasteiger partial charge is 0.479 e. The predicted octanol–water partition coefficient (Wildman–Crippen LogP) is 2.52. The van der Waals surface area contributed by atoms with Crippen LogP contribution in [0.5, 0.6) is 0 Å². The SMILES string of the molecule is CCC1(C(=O)O)CCCN1c1ncnc2ccsc12. The Bertz CT molecular complexity index is 627. The fourth-order valence-corrected chi connectivity index (χ4v) is 3.74. The Morgan fingerprint density at radius 3 is 3.16 bits per heavy atom. The Labute approximate surface area is 114 Å². The van der Waals surface area contributed by atoms with Crippen molar-refractivity contribution in [2.45, 2.75) is 31.7 Å². The van der Waals surface area contributed by atoms with E-state index in [0.717, 1.165) is 29.0 Å². The van der Waals surface area contributed by atoms with E-state index in [2.05, 4.69) is 9.97 Å². The third-order valence-corrected chi connectivity index (χ3v) is 4.85. The molecule has 0 saturated carbocycles. The Balaban J connectivity index is 2.15. The van der Waals surface area contributed by atoms with E-state index in [1.54, 1.807) is 11.3 Å². The molecule has 2 aromatic heterocycles. The highest BCUT2D eigenvalue weighted by molar-refractivity contribution is 7.17. The Kier molecular flexibility index (Phi) is 2.89. The topological polar surface area (TPSA) is 66.3 Å². The summed E-state index contributed by atoms with van der Waals surface area (Å²) in [7, 11) is 0. The first kappa shape index (κ1) is 12.3. The fraction of sp³-hybridized carbons (Fsp3) is 0.462. The molecule has 1 N–H and O–H groups in total. The van der Waals surface area contributed by atoms with E-state index >= 15 is 0 Å². The number of aliphatic carboxylic acids is 1. The molecule has 5 nitrogen and oxygen atoms in total. The van der Waals surface area contributed by atoms with Gasteiger partial charge in [-0.05, 0) is 30.7 Å². The van der Waals surface area contributed by atoms with Crippen molar-refractivity contribution >= 4 is 33.3 Å².